The van der Waals surface area contributed by atoms with Crippen LogP contribution in [-0.4, -0.2) is 18.1 Å². The molecule has 5 heteroatoms. The second-order valence-electron chi connectivity index (χ2n) is 4.00. The summed E-state index contributed by atoms with van der Waals surface area (Å²) in [4.78, 5) is -0.142. The fourth-order valence-corrected chi connectivity index (χ4v) is 2.22. The molecule has 18 heavy (non-hydrogen) atoms. The van der Waals surface area contributed by atoms with Crippen LogP contribution in [0.4, 0.5) is 0 Å². The standard InChI is InChI=1S/C13H12O4S/c1-9-2-7-12(18(15,16)17)8-13(9)10-3-5-11(14)6-4-10/h2-8,14H,1H3,(H,15,16,17). The van der Waals surface area contributed by atoms with Crippen molar-refractivity contribution in [2.75, 3.05) is 0 Å². The second kappa shape index (κ2) is 4.44. The van der Waals surface area contributed by atoms with E-state index in [1.54, 1.807) is 18.2 Å². The highest BCUT2D eigenvalue weighted by Crippen LogP contribution is 2.27. The Morgan fingerprint density at radius 3 is 2.17 bits per heavy atom. The van der Waals surface area contributed by atoms with Crippen LogP contribution in [0.3, 0.4) is 0 Å². The Morgan fingerprint density at radius 2 is 1.61 bits per heavy atom. The molecule has 0 amide bonds. The van der Waals surface area contributed by atoms with E-state index in [4.69, 9.17) is 4.55 Å². The van der Waals surface area contributed by atoms with Gasteiger partial charge in [0.25, 0.3) is 10.1 Å². The lowest BCUT2D eigenvalue weighted by molar-refractivity contribution is 0.475. The van der Waals surface area contributed by atoms with E-state index in [9.17, 15) is 13.5 Å². The van der Waals surface area contributed by atoms with E-state index >= 15 is 0 Å². The van der Waals surface area contributed by atoms with E-state index in [0.29, 0.717) is 5.56 Å². The molecule has 0 radical (unpaired) electrons. The largest absolute Gasteiger partial charge is 0.508 e. The molecular weight excluding hydrogens is 252 g/mol. The van der Waals surface area contributed by atoms with E-state index in [1.807, 2.05) is 6.92 Å². The third kappa shape index (κ3) is 2.52. The van der Waals surface area contributed by atoms with Gasteiger partial charge in [0.15, 0.2) is 0 Å². The lowest BCUT2D eigenvalue weighted by Gasteiger charge is -2.08. The van der Waals surface area contributed by atoms with Crippen molar-refractivity contribution in [3.8, 4) is 16.9 Å². The Hall–Kier alpha value is -1.85. The first-order valence-electron chi connectivity index (χ1n) is 5.25. The third-order valence-corrected chi connectivity index (χ3v) is 3.53. The molecule has 0 saturated carbocycles. The Balaban J connectivity index is 2.60. The van der Waals surface area contributed by atoms with E-state index in [2.05, 4.69) is 0 Å². The van der Waals surface area contributed by atoms with Crippen molar-refractivity contribution in [2.24, 2.45) is 0 Å². The van der Waals surface area contributed by atoms with Crippen molar-refractivity contribution in [1.82, 2.24) is 0 Å². The Kier molecular flexibility index (Phi) is 3.11. The molecule has 0 heterocycles. The average molecular weight is 264 g/mol. The Morgan fingerprint density at radius 1 is 1.00 bits per heavy atom. The summed E-state index contributed by atoms with van der Waals surface area (Å²) in [5.41, 5.74) is 2.36. The zero-order valence-corrected chi connectivity index (χ0v) is 10.5. The van der Waals surface area contributed by atoms with Crippen LogP contribution >= 0.6 is 0 Å². The van der Waals surface area contributed by atoms with Crippen molar-refractivity contribution in [3.63, 3.8) is 0 Å². The van der Waals surface area contributed by atoms with Gasteiger partial charge in [-0.2, -0.15) is 8.42 Å². The summed E-state index contributed by atoms with van der Waals surface area (Å²) in [6.07, 6.45) is 0. The van der Waals surface area contributed by atoms with Gasteiger partial charge in [-0.3, -0.25) is 4.55 Å². The van der Waals surface area contributed by atoms with Crippen LogP contribution in [0.1, 0.15) is 5.56 Å². The van der Waals surface area contributed by atoms with Crippen LogP contribution < -0.4 is 0 Å². The van der Waals surface area contributed by atoms with Crippen LogP contribution in [-0.2, 0) is 10.1 Å². The van der Waals surface area contributed by atoms with Gasteiger partial charge in [-0.05, 0) is 47.9 Å². The maximum Gasteiger partial charge on any atom is 0.294 e. The quantitative estimate of drug-likeness (QED) is 0.818. The predicted molar refractivity (Wildman–Crippen MR) is 68.1 cm³/mol. The number of hydrogen-bond acceptors (Lipinski definition) is 3. The van der Waals surface area contributed by atoms with E-state index in [1.165, 1.54) is 24.3 Å². The summed E-state index contributed by atoms with van der Waals surface area (Å²) in [5, 5.41) is 9.22. The third-order valence-electron chi connectivity index (χ3n) is 2.69. The first-order chi connectivity index (χ1) is 8.38. The minimum atomic E-state index is -4.21. The van der Waals surface area contributed by atoms with Gasteiger partial charge in [-0.1, -0.05) is 18.2 Å². The highest BCUT2D eigenvalue weighted by Gasteiger charge is 2.12. The number of phenolic OH excluding ortho intramolecular Hbond substituents is 1. The van der Waals surface area contributed by atoms with Crippen LogP contribution in [0.25, 0.3) is 11.1 Å². The first-order valence-corrected chi connectivity index (χ1v) is 6.69. The normalized spacial score (nSPS) is 11.4. The molecule has 2 rings (SSSR count). The Bertz CT molecular complexity index is 673. The molecule has 0 fully saturated rings. The van der Waals surface area contributed by atoms with E-state index in [0.717, 1.165) is 11.1 Å². The lowest BCUT2D eigenvalue weighted by Crippen LogP contribution is -1.98. The molecule has 0 bridgehead atoms. The van der Waals surface area contributed by atoms with Crippen molar-refractivity contribution < 1.29 is 18.1 Å². The average Bonchev–Trinajstić information content (AvgIpc) is 2.29. The van der Waals surface area contributed by atoms with Crippen LogP contribution in [0.5, 0.6) is 5.75 Å². The lowest BCUT2D eigenvalue weighted by atomic mass is 10.0. The zero-order chi connectivity index (χ0) is 13.3. The highest BCUT2D eigenvalue weighted by atomic mass is 32.2. The maximum atomic E-state index is 11.1. The van der Waals surface area contributed by atoms with Gasteiger partial charge < -0.3 is 5.11 Å². The number of aryl methyl sites for hydroxylation is 1. The number of hydrogen-bond donors (Lipinski definition) is 2. The summed E-state index contributed by atoms with van der Waals surface area (Å²) in [6, 6.07) is 10.8. The molecule has 2 aromatic rings. The molecular formula is C13H12O4S. The number of benzene rings is 2. The van der Waals surface area contributed by atoms with Crippen molar-refractivity contribution in [2.45, 2.75) is 11.8 Å². The molecule has 0 aliphatic heterocycles. The van der Waals surface area contributed by atoms with Crippen LogP contribution in [0.2, 0.25) is 0 Å². The maximum absolute atomic E-state index is 11.1. The molecule has 0 spiro atoms. The molecule has 0 unspecified atom stereocenters. The molecule has 0 saturated heterocycles. The van der Waals surface area contributed by atoms with Gasteiger partial charge in [0, 0.05) is 0 Å². The number of phenols is 1. The van der Waals surface area contributed by atoms with Crippen molar-refractivity contribution in [1.29, 1.82) is 0 Å². The fourth-order valence-electron chi connectivity index (χ4n) is 1.71. The SMILES string of the molecule is Cc1ccc(S(=O)(=O)O)cc1-c1ccc(O)cc1. The molecule has 0 aromatic heterocycles. The van der Waals surface area contributed by atoms with Crippen molar-refractivity contribution in [3.05, 3.63) is 48.0 Å². The Labute approximate surface area is 105 Å². The highest BCUT2D eigenvalue weighted by molar-refractivity contribution is 7.85. The first kappa shape index (κ1) is 12.6. The molecule has 2 N–H and O–H groups in total. The summed E-state index contributed by atoms with van der Waals surface area (Å²) >= 11 is 0. The van der Waals surface area contributed by atoms with E-state index in [-0.39, 0.29) is 10.6 Å². The van der Waals surface area contributed by atoms with Gasteiger partial charge in [0.2, 0.25) is 0 Å². The minimum Gasteiger partial charge on any atom is -0.508 e. The monoisotopic (exact) mass is 264 g/mol. The predicted octanol–water partition coefficient (Wildman–Crippen LogP) is 2.61. The van der Waals surface area contributed by atoms with E-state index < -0.39 is 10.1 Å². The van der Waals surface area contributed by atoms with Gasteiger partial charge in [-0.15, -0.1) is 0 Å². The molecule has 0 aliphatic rings. The van der Waals surface area contributed by atoms with Crippen LogP contribution in [0.15, 0.2) is 47.4 Å². The summed E-state index contributed by atoms with van der Waals surface area (Å²) in [5.74, 6) is 0.141. The molecule has 0 aliphatic carbocycles. The van der Waals surface area contributed by atoms with Crippen molar-refractivity contribution >= 4 is 10.1 Å². The molecule has 94 valence electrons. The molecule has 4 nitrogen and oxygen atoms in total. The molecule has 0 atom stereocenters. The summed E-state index contributed by atoms with van der Waals surface area (Å²) in [7, 11) is -4.21. The van der Waals surface area contributed by atoms with Gasteiger partial charge in [-0.25, -0.2) is 0 Å². The number of aromatic hydroxyl groups is 1. The van der Waals surface area contributed by atoms with Gasteiger partial charge in [0.05, 0.1) is 4.90 Å². The number of rotatable bonds is 2. The van der Waals surface area contributed by atoms with Crippen LogP contribution in [0, 0.1) is 6.92 Å². The smallest absolute Gasteiger partial charge is 0.294 e. The zero-order valence-electron chi connectivity index (χ0n) is 9.66. The van der Waals surface area contributed by atoms with Gasteiger partial charge in [0.1, 0.15) is 5.75 Å². The topological polar surface area (TPSA) is 74.6 Å². The molecule has 2 aromatic carbocycles. The summed E-state index contributed by atoms with van der Waals surface area (Å²) < 4.78 is 31.2. The fraction of sp³-hybridized carbons (Fsp3) is 0.0769. The second-order valence-corrected chi connectivity index (χ2v) is 5.42. The van der Waals surface area contributed by atoms with Gasteiger partial charge >= 0.3 is 0 Å². The summed E-state index contributed by atoms with van der Waals surface area (Å²) in [6.45, 7) is 1.84. The minimum absolute atomic E-state index is 0.141.